The average molecular weight is 657 g/mol. The Morgan fingerprint density at radius 1 is 1.04 bits per heavy atom. The van der Waals surface area contributed by atoms with E-state index in [2.05, 4.69) is 35.7 Å². The van der Waals surface area contributed by atoms with Crippen molar-refractivity contribution in [1.29, 1.82) is 0 Å². The molecule has 0 aliphatic carbocycles. The second kappa shape index (κ2) is 13.3. The number of H-pyrrole nitrogens is 1. The van der Waals surface area contributed by atoms with E-state index in [1.807, 2.05) is 58.0 Å². The minimum Gasteiger partial charge on any atom is -0.344 e. The molecule has 3 aromatic heterocycles. The highest BCUT2D eigenvalue weighted by molar-refractivity contribution is 7.90. The minimum atomic E-state index is -3.70. The largest absolute Gasteiger partial charge is 0.344 e. The van der Waals surface area contributed by atoms with Crippen LogP contribution in [0, 0.1) is 0 Å². The van der Waals surface area contributed by atoms with Gasteiger partial charge in [-0.05, 0) is 49.5 Å². The number of rotatable bonds is 10. The van der Waals surface area contributed by atoms with Crippen LogP contribution in [-0.2, 0) is 26.6 Å². The Morgan fingerprint density at radius 3 is 2.51 bits per heavy atom. The van der Waals surface area contributed by atoms with Crippen molar-refractivity contribution in [2.75, 3.05) is 32.2 Å². The summed E-state index contributed by atoms with van der Waals surface area (Å²) in [5.41, 5.74) is 3.47. The van der Waals surface area contributed by atoms with Gasteiger partial charge in [0.05, 0.1) is 16.1 Å². The lowest BCUT2D eigenvalue weighted by Crippen LogP contribution is -2.24. The molecule has 0 bridgehead atoms. The van der Waals surface area contributed by atoms with Gasteiger partial charge in [-0.15, -0.1) is 0 Å². The zero-order valence-corrected chi connectivity index (χ0v) is 27.8. The number of anilines is 1. The van der Waals surface area contributed by atoms with Crippen molar-refractivity contribution >= 4 is 38.5 Å². The third kappa shape index (κ3) is 7.79. The van der Waals surface area contributed by atoms with Crippen molar-refractivity contribution in [2.45, 2.75) is 37.6 Å². The number of fused-ring (bicyclic) bond motifs is 1. The van der Waals surface area contributed by atoms with Gasteiger partial charge in [0.15, 0.2) is 21.3 Å². The lowest BCUT2D eigenvalue weighted by molar-refractivity contribution is -0.111. The summed E-state index contributed by atoms with van der Waals surface area (Å²) in [6.45, 7) is 6.23. The van der Waals surface area contributed by atoms with Gasteiger partial charge in [0.2, 0.25) is 5.91 Å². The average Bonchev–Trinajstić information content (AvgIpc) is 3.68. The van der Waals surface area contributed by atoms with Crippen LogP contribution < -0.4 is 10.6 Å². The molecule has 244 valence electrons. The minimum absolute atomic E-state index is 0.0521. The van der Waals surface area contributed by atoms with E-state index in [1.165, 1.54) is 6.08 Å². The number of nitrogens with zero attached hydrogens (tertiary/aromatic N) is 5. The van der Waals surface area contributed by atoms with E-state index < -0.39 is 21.2 Å². The smallest absolute Gasteiger partial charge is 0.315 e. The highest BCUT2D eigenvalue weighted by Crippen LogP contribution is 2.33. The highest BCUT2D eigenvalue weighted by atomic mass is 32.2. The zero-order valence-electron chi connectivity index (χ0n) is 27.0. The molecule has 14 heteroatoms. The van der Waals surface area contributed by atoms with Crippen LogP contribution in [-0.4, -0.2) is 77.1 Å². The van der Waals surface area contributed by atoms with Crippen LogP contribution >= 0.6 is 0 Å². The van der Waals surface area contributed by atoms with Gasteiger partial charge in [0.25, 0.3) is 0 Å². The molecule has 3 N–H and O–H groups in total. The number of amides is 2. The van der Waals surface area contributed by atoms with Gasteiger partial charge >= 0.3 is 11.8 Å². The number of benzene rings is 2. The first kappa shape index (κ1) is 33.2. The Kier molecular flexibility index (Phi) is 9.36. The number of aromatic nitrogens is 5. The van der Waals surface area contributed by atoms with Crippen LogP contribution in [0.5, 0.6) is 0 Å². The summed E-state index contributed by atoms with van der Waals surface area (Å²) in [5, 5.41) is 9.45. The number of likely N-dealkylation sites (N-methyl/N-ethyl adjacent to an activating group) is 1. The van der Waals surface area contributed by atoms with Gasteiger partial charge in [0, 0.05) is 48.2 Å². The molecule has 0 aliphatic rings. The van der Waals surface area contributed by atoms with Gasteiger partial charge < -0.3 is 25.0 Å². The normalized spacial score (nSPS) is 12.2. The third-order valence-corrected chi connectivity index (χ3v) is 8.26. The summed E-state index contributed by atoms with van der Waals surface area (Å²) in [7, 11) is 0.128. The molecule has 0 unspecified atom stereocenters. The van der Waals surface area contributed by atoms with Crippen molar-refractivity contribution in [3.63, 3.8) is 0 Å². The van der Waals surface area contributed by atoms with E-state index in [0.717, 1.165) is 6.26 Å². The van der Waals surface area contributed by atoms with Crippen LogP contribution in [0.1, 0.15) is 42.8 Å². The second-order valence-electron chi connectivity index (χ2n) is 12.3. The van der Waals surface area contributed by atoms with Crippen molar-refractivity contribution in [3.05, 3.63) is 84.2 Å². The Morgan fingerprint density at radius 2 is 1.81 bits per heavy atom. The van der Waals surface area contributed by atoms with Crippen LogP contribution in [0.3, 0.4) is 0 Å². The molecule has 5 aromatic rings. The molecule has 0 spiro atoms. The van der Waals surface area contributed by atoms with Crippen LogP contribution in [0.25, 0.3) is 33.7 Å². The third-order valence-electron chi connectivity index (χ3n) is 7.08. The van der Waals surface area contributed by atoms with Gasteiger partial charge in [0.1, 0.15) is 5.82 Å². The van der Waals surface area contributed by atoms with E-state index in [0.29, 0.717) is 57.3 Å². The summed E-state index contributed by atoms with van der Waals surface area (Å²) in [5.74, 6) is -0.227. The maximum absolute atomic E-state index is 12.9. The van der Waals surface area contributed by atoms with Crippen LogP contribution in [0.4, 0.5) is 5.69 Å². The first-order valence-corrected chi connectivity index (χ1v) is 16.6. The fourth-order valence-electron chi connectivity index (χ4n) is 4.71. The Labute approximate surface area is 272 Å². The molecular formula is C33H36N8O5S. The molecular weight excluding hydrogens is 620 g/mol. The van der Waals surface area contributed by atoms with Crippen molar-refractivity contribution in [1.82, 2.24) is 35.3 Å². The number of aromatic amines is 1. The fraction of sp³-hybridized carbons (Fsp3) is 0.273. The van der Waals surface area contributed by atoms with E-state index in [9.17, 15) is 18.0 Å². The molecule has 47 heavy (non-hydrogen) atoms. The van der Waals surface area contributed by atoms with Crippen molar-refractivity contribution < 1.29 is 22.5 Å². The molecule has 5 rings (SSSR count). The Bertz CT molecular complexity index is 2090. The lowest BCUT2D eigenvalue weighted by Gasteiger charge is -2.12. The summed E-state index contributed by atoms with van der Waals surface area (Å²) >= 11 is 0. The summed E-state index contributed by atoms with van der Waals surface area (Å²) in [4.78, 5) is 43.9. The summed E-state index contributed by atoms with van der Waals surface area (Å²) in [6, 6.07) is 14.0. The van der Waals surface area contributed by atoms with Gasteiger partial charge in [-0.1, -0.05) is 56.3 Å². The zero-order chi connectivity index (χ0) is 33.9. The monoisotopic (exact) mass is 656 g/mol. The first-order valence-electron chi connectivity index (χ1n) is 14.7. The van der Waals surface area contributed by atoms with Crippen LogP contribution in [0.15, 0.2) is 76.3 Å². The number of imidazole rings is 1. The quantitative estimate of drug-likeness (QED) is 0.183. The van der Waals surface area contributed by atoms with Gasteiger partial charge in [-0.3, -0.25) is 9.59 Å². The van der Waals surface area contributed by atoms with Crippen LogP contribution in [0.2, 0.25) is 0 Å². The molecule has 0 radical (unpaired) electrons. The molecule has 0 saturated carbocycles. The number of carbonyl (C=O) groups is 2. The number of hydrogen-bond acceptors (Lipinski definition) is 10. The predicted octanol–water partition coefficient (Wildman–Crippen LogP) is 4.36. The Hall–Kier alpha value is -5.21. The van der Waals surface area contributed by atoms with Gasteiger partial charge in [-0.2, -0.15) is 4.98 Å². The van der Waals surface area contributed by atoms with Crippen molar-refractivity contribution in [3.8, 4) is 22.5 Å². The Balaban J connectivity index is 1.44. The molecule has 0 saturated heterocycles. The molecule has 2 aromatic carbocycles. The van der Waals surface area contributed by atoms with Crippen molar-refractivity contribution in [2.24, 2.45) is 0 Å². The van der Waals surface area contributed by atoms with E-state index >= 15 is 0 Å². The summed E-state index contributed by atoms with van der Waals surface area (Å²) in [6.07, 6.45) is 5.96. The molecule has 13 nitrogen and oxygen atoms in total. The van der Waals surface area contributed by atoms with E-state index in [-0.39, 0.29) is 23.2 Å². The highest BCUT2D eigenvalue weighted by Gasteiger charge is 2.24. The number of hydrogen-bond donors (Lipinski definition) is 3. The number of nitrogens with one attached hydrogen (secondary N) is 3. The molecule has 0 atom stereocenters. The first-order chi connectivity index (χ1) is 22.2. The maximum Gasteiger partial charge on any atom is 0.315 e. The van der Waals surface area contributed by atoms with E-state index in [4.69, 9.17) is 4.52 Å². The topological polar surface area (TPSA) is 176 Å². The number of carbonyl (C=O) groups excluding carboxylic acids is 2. The van der Waals surface area contributed by atoms with Gasteiger partial charge in [-0.25, -0.2) is 18.4 Å². The second-order valence-corrected chi connectivity index (χ2v) is 14.3. The number of para-hydroxylation sites is 1. The lowest BCUT2D eigenvalue weighted by atomic mass is 9.96. The molecule has 3 heterocycles. The number of pyridine rings is 1. The SMILES string of the molecule is CN(C)C/C=C/C(=O)Nc1ccccc1-c1nc2nccc(-c3ccc(CNC(=O)c4nc(C(C)(C)C)no4)c(S(C)(=O)=O)c3)c2[nH]1. The summed E-state index contributed by atoms with van der Waals surface area (Å²) < 4.78 is 30.9. The van der Waals surface area contributed by atoms with E-state index in [1.54, 1.807) is 42.6 Å². The standard InChI is InChI=1S/C33H36N8O5S/c1-33(2,3)32-39-31(46-40-32)30(43)35-19-21-14-13-20(18-25(21)47(6,44)45)22-15-16-34-29-27(22)37-28(38-29)23-10-7-8-11-24(23)36-26(42)12-9-17-41(4)5/h7-16,18H,17,19H2,1-6H3,(H,35,43)(H,36,42)(H,34,37,38)/b12-9+. The maximum atomic E-state index is 12.9. The number of sulfone groups is 1. The predicted molar refractivity (Wildman–Crippen MR) is 178 cm³/mol. The molecule has 0 aliphatic heterocycles. The molecule has 2 amide bonds. The molecule has 0 fully saturated rings. The fourth-order valence-corrected chi connectivity index (χ4v) is 5.66.